The Kier molecular flexibility index (Phi) is 7.11. The predicted octanol–water partition coefficient (Wildman–Crippen LogP) is 4.59. The molecule has 3 rings (SSSR count). The molecule has 1 unspecified atom stereocenters. The van der Waals surface area contributed by atoms with Gasteiger partial charge >= 0.3 is 11.9 Å². The van der Waals surface area contributed by atoms with Gasteiger partial charge in [0.1, 0.15) is 12.2 Å². The fourth-order valence-electron chi connectivity index (χ4n) is 5.08. The number of fused-ring (bicyclic) bond motifs is 1. The van der Waals surface area contributed by atoms with Gasteiger partial charge in [-0.2, -0.15) is 0 Å². The molecule has 0 radical (unpaired) electrons. The van der Waals surface area contributed by atoms with Crippen LogP contribution in [0.4, 0.5) is 0 Å². The Morgan fingerprint density at radius 3 is 2.67 bits per heavy atom. The van der Waals surface area contributed by atoms with Crippen molar-refractivity contribution >= 4 is 11.9 Å². The number of carbonyl (C=O) groups is 2. The lowest BCUT2D eigenvalue weighted by Crippen LogP contribution is -2.43. The molecule has 0 aromatic carbocycles. The van der Waals surface area contributed by atoms with Crippen LogP contribution in [0.3, 0.4) is 0 Å². The van der Waals surface area contributed by atoms with Crippen molar-refractivity contribution in [3.63, 3.8) is 0 Å². The average Bonchev–Trinajstić information content (AvgIpc) is 2.66. The minimum atomic E-state index is -0.601. The van der Waals surface area contributed by atoms with Crippen molar-refractivity contribution in [1.82, 2.24) is 0 Å². The third-order valence-corrected chi connectivity index (χ3v) is 7.35. The first-order valence-corrected chi connectivity index (χ1v) is 11.6. The number of carbonyl (C=O) groups excluding carboxylic acids is 2. The van der Waals surface area contributed by atoms with Gasteiger partial charge in [0.2, 0.25) is 0 Å². The Hall–Kier alpha value is -1.62. The average molecular weight is 419 g/mol. The molecule has 1 N–H and O–H groups in total. The number of ether oxygens (including phenoxy) is 2. The van der Waals surface area contributed by atoms with E-state index in [0.29, 0.717) is 24.2 Å². The van der Waals surface area contributed by atoms with Crippen LogP contribution in [0.5, 0.6) is 0 Å². The second-order valence-corrected chi connectivity index (χ2v) is 10.3. The van der Waals surface area contributed by atoms with Crippen LogP contribution in [0.2, 0.25) is 0 Å². The van der Waals surface area contributed by atoms with Crippen LogP contribution in [0.1, 0.15) is 73.1 Å². The molecule has 3 aliphatic rings. The Balaban J connectivity index is 1.76. The van der Waals surface area contributed by atoms with Crippen molar-refractivity contribution in [3.05, 3.63) is 23.8 Å². The van der Waals surface area contributed by atoms with Crippen LogP contribution in [-0.2, 0) is 19.1 Å². The molecule has 0 spiro atoms. The molecule has 30 heavy (non-hydrogen) atoms. The Morgan fingerprint density at radius 1 is 1.27 bits per heavy atom. The lowest BCUT2D eigenvalue weighted by atomic mass is 9.65. The van der Waals surface area contributed by atoms with Crippen molar-refractivity contribution in [1.29, 1.82) is 0 Å². The fourth-order valence-corrected chi connectivity index (χ4v) is 5.08. The van der Waals surface area contributed by atoms with Gasteiger partial charge in [-0.25, -0.2) is 0 Å². The zero-order valence-corrected chi connectivity index (χ0v) is 19.1. The molecule has 1 fully saturated rings. The van der Waals surface area contributed by atoms with Crippen molar-refractivity contribution in [2.24, 2.45) is 29.1 Å². The van der Waals surface area contributed by atoms with E-state index in [1.807, 2.05) is 20.8 Å². The van der Waals surface area contributed by atoms with Gasteiger partial charge in [0, 0.05) is 12.3 Å². The van der Waals surface area contributed by atoms with Crippen LogP contribution in [0, 0.1) is 29.1 Å². The maximum absolute atomic E-state index is 12.9. The third kappa shape index (κ3) is 5.16. The van der Waals surface area contributed by atoms with E-state index in [9.17, 15) is 14.7 Å². The van der Waals surface area contributed by atoms with Crippen LogP contribution < -0.4 is 0 Å². The second-order valence-electron chi connectivity index (χ2n) is 10.3. The highest BCUT2D eigenvalue weighted by Gasteiger charge is 2.43. The molecule has 1 heterocycles. The van der Waals surface area contributed by atoms with Gasteiger partial charge in [0.25, 0.3) is 0 Å². The van der Waals surface area contributed by atoms with Gasteiger partial charge in [-0.1, -0.05) is 39.0 Å². The maximum Gasteiger partial charge on any atom is 0.311 e. The van der Waals surface area contributed by atoms with E-state index in [4.69, 9.17) is 9.47 Å². The van der Waals surface area contributed by atoms with Crippen molar-refractivity contribution in [2.45, 2.75) is 91.5 Å². The van der Waals surface area contributed by atoms with Gasteiger partial charge in [-0.3, -0.25) is 9.59 Å². The summed E-state index contributed by atoms with van der Waals surface area (Å²) >= 11 is 0. The van der Waals surface area contributed by atoms with Crippen LogP contribution in [-0.4, -0.2) is 35.4 Å². The molecule has 0 amide bonds. The lowest BCUT2D eigenvalue weighted by Gasteiger charge is -2.44. The normalized spacial score (nSPS) is 36.5. The summed E-state index contributed by atoms with van der Waals surface area (Å²) in [6.07, 6.45) is 9.61. The molecule has 1 saturated heterocycles. The van der Waals surface area contributed by atoms with Gasteiger partial charge in [-0.05, 0) is 62.9 Å². The van der Waals surface area contributed by atoms with Crippen LogP contribution in [0.15, 0.2) is 23.8 Å². The largest absolute Gasteiger partial charge is 0.462 e. The molecular weight excluding hydrogens is 380 g/mol. The number of esters is 2. The smallest absolute Gasteiger partial charge is 0.311 e. The Labute approximate surface area is 180 Å². The number of hydrogen-bond acceptors (Lipinski definition) is 5. The minimum Gasteiger partial charge on any atom is -0.462 e. The first-order chi connectivity index (χ1) is 14.1. The summed E-state index contributed by atoms with van der Waals surface area (Å²) < 4.78 is 11.6. The zero-order valence-electron chi connectivity index (χ0n) is 19.1. The van der Waals surface area contributed by atoms with Crippen molar-refractivity contribution < 1.29 is 24.2 Å². The van der Waals surface area contributed by atoms with Crippen molar-refractivity contribution in [3.8, 4) is 0 Å². The first-order valence-electron chi connectivity index (χ1n) is 11.6. The molecule has 0 aromatic rings. The van der Waals surface area contributed by atoms with E-state index < -0.39 is 11.5 Å². The number of cyclic esters (lactones) is 1. The van der Waals surface area contributed by atoms with E-state index in [1.165, 1.54) is 5.57 Å². The molecular formula is C25H38O5. The summed E-state index contributed by atoms with van der Waals surface area (Å²) in [4.78, 5) is 24.6. The monoisotopic (exact) mass is 418 g/mol. The zero-order chi connectivity index (χ0) is 22.1. The summed E-state index contributed by atoms with van der Waals surface area (Å²) in [5.74, 6) is 0.776. The molecule has 5 nitrogen and oxygen atoms in total. The second kappa shape index (κ2) is 9.25. The Morgan fingerprint density at radius 2 is 2.00 bits per heavy atom. The first kappa shape index (κ1) is 23.1. The van der Waals surface area contributed by atoms with Crippen LogP contribution in [0.25, 0.3) is 0 Å². The number of aliphatic hydroxyl groups is 1. The Bertz CT molecular complexity index is 706. The third-order valence-electron chi connectivity index (χ3n) is 7.35. The topological polar surface area (TPSA) is 72.8 Å². The highest BCUT2D eigenvalue weighted by molar-refractivity contribution is 5.76. The molecule has 2 aliphatic carbocycles. The molecule has 0 bridgehead atoms. The van der Waals surface area contributed by atoms with Gasteiger partial charge in [0.15, 0.2) is 0 Å². The molecule has 7 atom stereocenters. The number of rotatable bonds is 6. The van der Waals surface area contributed by atoms with Gasteiger partial charge < -0.3 is 14.6 Å². The van der Waals surface area contributed by atoms with E-state index in [-0.39, 0.29) is 36.5 Å². The summed E-state index contributed by atoms with van der Waals surface area (Å²) in [6.45, 7) is 10.3. The standard InChI is InChI=1S/C25H38O5/c1-6-25(4,5)24(28)30-21-12-15(2)11-17-8-7-16(3)20(23(17)21)10-9-19-13-18(26)14-22(27)29-19/h7-8,11,15-16,18-21,23,26H,6,9-10,12-14H2,1-5H3/t15-,16-,18+,19+,20-,21-,23?/m0/s1. The van der Waals surface area contributed by atoms with E-state index >= 15 is 0 Å². The number of aliphatic hydroxyl groups excluding tert-OH is 1. The summed E-state index contributed by atoms with van der Waals surface area (Å²) in [6, 6.07) is 0. The highest BCUT2D eigenvalue weighted by atomic mass is 16.6. The predicted molar refractivity (Wildman–Crippen MR) is 115 cm³/mol. The quantitative estimate of drug-likeness (QED) is 0.639. The van der Waals surface area contributed by atoms with E-state index in [1.54, 1.807) is 0 Å². The molecule has 0 aromatic heterocycles. The SMILES string of the molecule is CCC(C)(C)C(=O)O[C@H]1C[C@@H](C)C=C2C=C[C@H](C)[C@H](CC[C@@H]3C[C@@H](O)CC(=O)O3)C21. The minimum absolute atomic E-state index is 0.0949. The van der Waals surface area contributed by atoms with Crippen molar-refractivity contribution in [2.75, 3.05) is 0 Å². The fraction of sp³-hybridized carbons (Fsp3) is 0.760. The van der Waals surface area contributed by atoms with Gasteiger partial charge in [-0.15, -0.1) is 0 Å². The highest BCUT2D eigenvalue weighted by Crippen LogP contribution is 2.45. The number of allylic oxidation sites excluding steroid dienone is 3. The van der Waals surface area contributed by atoms with Crippen LogP contribution >= 0.6 is 0 Å². The van der Waals surface area contributed by atoms with Gasteiger partial charge in [0.05, 0.1) is 17.9 Å². The van der Waals surface area contributed by atoms with E-state index in [2.05, 4.69) is 32.1 Å². The molecule has 1 aliphatic heterocycles. The maximum atomic E-state index is 12.9. The number of hydrogen-bond donors (Lipinski definition) is 1. The lowest BCUT2D eigenvalue weighted by molar-refractivity contribution is -0.166. The molecule has 0 saturated carbocycles. The molecule has 168 valence electrons. The van der Waals surface area contributed by atoms with E-state index in [0.717, 1.165) is 25.7 Å². The summed E-state index contributed by atoms with van der Waals surface area (Å²) in [7, 11) is 0. The summed E-state index contributed by atoms with van der Waals surface area (Å²) in [5, 5.41) is 9.92. The molecule has 5 heteroatoms. The summed E-state index contributed by atoms with van der Waals surface area (Å²) in [5.41, 5.74) is 0.785.